The van der Waals surface area contributed by atoms with Crippen LogP contribution in [0.25, 0.3) is 22.0 Å². The molecule has 0 spiro atoms. The average Bonchev–Trinajstić information content (AvgIpc) is 2.71. The second kappa shape index (κ2) is 6.81. The zero-order chi connectivity index (χ0) is 18.8. The molecule has 4 rings (SSSR count). The first-order valence-electron chi connectivity index (χ1n) is 8.27. The maximum absolute atomic E-state index is 14.3. The van der Waals surface area contributed by atoms with Crippen LogP contribution in [0.5, 0.6) is 0 Å². The van der Waals surface area contributed by atoms with E-state index in [2.05, 4.69) is 16.2 Å². The molecule has 0 saturated carbocycles. The van der Waals surface area contributed by atoms with Gasteiger partial charge in [-0.1, -0.05) is 30.3 Å². The summed E-state index contributed by atoms with van der Waals surface area (Å²) in [5, 5.41) is 14.4. The van der Waals surface area contributed by atoms with E-state index in [1.54, 1.807) is 60.7 Å². The highest BCUT2D eigenvalue weighted by Gasteiger charge is 2.15. The largest absolute Gasteiger partial charge is 0.274 e. The first-order valence-corrected chi connectivity index (χ1v) is 8.27. The second-order valence-corrected chi connectivity index (χ2v) is 6.01. The smallest absolute Gasteiger partial charge is 0.267 e. The van der Waals surface area contributed by atoms with Crippen LogP contribution in [0.4, 0.5) is 4.39 Å². The van der Waals surface area contributed by atoms with Crippen LogP contribution >= 0.6 is 0 Å². The van der Waals surface area contributed by atoms with Gasteiger partial charge in [-0.2, -0.15) is 14.8 Å². The Morgan fingerprint density at radius 2 is 1.74 bits per heavy atom. The van der Waals surface area contributed by atoms with Gasteiger partial charge in [-0.05, 0) is 35.9 Å². The zero-order valence-electron chi connectivity index (χ0n) is 14.1. The van der Waals surface area contributed by atoms with E-state index in [4.69, 9.17) is 5.26 Å². The molecule has 0 aliphatic heterocycles. The predicted octanol–water partition coefficient (Wildman–Crippen LogP) is 3.52. The Hall–Kier alpha value is -3.85. The number of nitriles is 1. The summed E-state index contributed by atoms with van der Waals surface area (Å²) < 4.78 is 15.6. The summed E-state index contributed by atoms with van der Waals surface area (Å²) in [7, 11) is 0. The summed E-state index contributed by atoms with van der Waals surface area (Å²) >= 11 is 0. The molecular weight excluding hydrogens is 343 g/mol. The van der Waals surface area contributed by atoms with E-state index in [9.17, 15) is 9.18 Å². The number of rotatable bonds is 3. The van der Waals surface area contributed by atoms with E-state index >= 15 is 0 Å². The topological polar surface area (TPSA) is 71.6 Å². The summed E-state index contributed by atoms with van der Waals surface area (Å²) in [6.45, 7) is 0.213. The summed E-state index contributed by atoms with van der Waals surface area (Å²) in [5.74, 6) is -0.640. The molecule has 2 aromatic heterocycles. The quantitative estimate of drug-likeness (QED) is 0.527. The molecule has 2 heterocycles. The Labute approximate surface area is 154 Å². The number of hydrogen-bond donors (Lipinski definition) is 0. The lowest BCUT2D eigenvalue weighted by molar-refractivity contribution is 0.584. The molecule has 5 nitrogen and oxygen atoms in total. The highest BCUT2D eigenvalue weighted by atomic mass is 19.1. The standard InChI is InChI=1S/C21H13FN4O/c22-20-18(6-3-11-24-20)19-16-4-1-2-5-17(16)21(27)26(25-19)13-15-9-7-14(12-23)8-10-15/h1-11H,13H2. The second-order valence-electron chi connectivity index (χ2n) is 6.01. The molecular formula is C21H13FN4O. The molecule has 27 heavy (non-hydrogen) atoms. The lowest BCUT2D eigenvalue weighted by Crippen LogP contribution is -2.24. The average molecular weight is 356 g/mol. The number of benzene rings is 2. The third-order valence-electron chi connectivity index (χ3n) is 4.30. The Kier molecular flexibility index (Phi) is 4.19. The van der Waals surface area contributed by atoms with E-state index in [1.807, 2.05) is 0 Å². The van der Waals surface area contributed by atoms with Crippen LogP contribution in [0.1, 0.15) is 11.1 Å². The molecule has 0 aliphatic rings. The van der Waals surface area contributed by atoms with Gasteiger partial charge in [0.05, 0.1) is 29.1 Å². The van der Waals surface area contributed by atoms with Gasteiger partial charge in [0.15, 0.2) is 0 Å². The molecule has 0 radical (unpaired) electrons. The van der Waals surface area contributed by atoms with Crippen molar-refractivity contribution in [3.63, 3.8) is 0 Å². The van der Waals surface area contributed by atoms with Crippen molar-refractivity contribution in [1.82, 2.24) is 14.8 Å². The molecule has 0 fully saturated rings. The van der Waals surface area contributed by atoms with Gasteiger partial charge < -0.3 is 0 Å². The Morgan fingerprint density at radius 3 is 2.44 bits per heavy atom. The van der Waals surface area contributed by atoms with Crippen LogP contribution in [-0.2, 0) is 6.54 Å². The van der Waals surface area contributed by atoms with Crippen molar-refractivity contribution in [2.75, 3.05) is 0 Å². The molecule has 2 aromatic carbocycles. The highest BCUT2D eigenvalue weighted by molar-refractivity contribution is 5.93. The molecule has 4 aromatic rings. The lowest BCUT2D eigenvalue weighted by atomic mass is 10.1. The molecule has 130 valence electrons. The van der Waals surface area contributed by atoms with Gasteiger partial charge in [0.2, 0.25) is 5.95 Å². The molecule has 0 N–H and O–H groups in total. The monoisotopic (exact) mass is 356 g/mol. The van der Waals surface area contributed by atoms with Gasteiger partial charge in [-0.15, -0.1) is 0 Å². The number of hydrogen-bond acceptors (Lipinski definition) is 4. The van der Waals surface area contributed by atoms with Gasteiger partial charge in [-0.25, -0.2) is 9.67 Å². The molecule has 6 heteroatoms. The molecule has 0 saturated heterocycles. The fourth-order valence-electron chi connectivity index (χ4n) is 2.96. The highest BCUT2D eigenvalue weighted by Crippen LogP contribution is 2.26. The van der Waals surface area contributed by atoms with Crippen LogP contribution < -0.4 is 5.56 Å². The fraction of sp³-hybridized carbons (Fsp3) is 0.0476. The van der Waals surface area contributed by atoms with Crippen LogP contribution in [0.2, 0.25) is 0 Å². The summed E-state index contributed by atoms with van der Waals surface area (Å²) in [4.78, 5) is 16.6. The number of pyridine rings is 1. The third-order valence-corrected chi connectivity index (χ3v) is 4.30. The van der Waals surface area contributed by atoms with E-state index in [1.165, 1.54) is 10.9 Å². The van der Waals surface area contributed by atoms with Crippen LogP contribution in [0, 0.1) is 17.3 Å². The van der Waals surface area contributed by atoms with Crippen molar-refractivity contribution in [3.8, 4) is 17.3 Å². The van der Waals surface area contributed by atoms with E-state index in [0.29, 0.717) is 22.0 Å². The predicted molar refractivity (Wildman–Crippen MR) is 99.5 cm³/mol. The van der Waals surface area contributed by atoms with E-state index < -0.39 is 5.95 Å². The molecule has 0 unspecified atom stereocenters. The molecule has 0 atom stereocenters. The van der Waals surface area contributed by atoms with Gasteiger partial charge in [0, 0.05) is 11.6 Å². The van der Waals surface area contributed by atoms with Gasteiger partial charge in [-0.3, -0.25) is 4.79 Å². The van der Waals surface area contributed by atoms with Gasteiger partial charge >= 0.3 is 0 Å². The summed E-state index contributed by atoms with van der Waals surface area (Å²) in [6.07, 6.45) is 1.37. The van der Waals surface area contributed by atoms with Crippen molar-refractivity contribution in [1.29, 1.82) is 5.26 Å². The van der Waals surface area contributed by atoms with Crippen molar-refractivity contribution >= 4 is 10.8 Å². The maximum Gasteiger partial charge on any atom is 0.274 e. The van der Waals surface area contributed by atoms with Crippen molar-refractivity contribution < 1.29 is 4.39 Å². The normalized spacial score (nSPS) is 10.7. The molecule has 0 amide bonds. The molecule has 0 bridgehead atoms. The Balaban J connectivity index is 1.91. The number of halogens is 1. The number of aromatic nitrogens is 3. The number of nitrogens with zero attached hydrogens (tertiary/aromatic N) is 4. The minimum Gasteiger partial charge on any atom is -0.267 e. The Morgan fingerprint density at radius 1 is 1.00 bits per heavy atom. The fourth-order valence-corrected chi connectivity index (χ4v) is 2.96. The summed E-state index contributed by atoms with van der Waals surface area (Å²) in [5.41, 5.74) is 1.70. The van der Waals surface area contributed by atoms with Crippen molar-refractivity contribution in [2.24, 2.45) is 0 Å². The van der Waals surface area contributed by atoms with Crippen molar-refractivity contribution in [3.05, 3.63) is 94.3 Å². The van der Waals surface area contributed by atoms with E-state index in [-0.39, 0.29) is 17.7 Å². The minimum atomic E-state index is -0.640. The summed E-state index contributed by atoms with van der Waals surface area (Å²) in [6, 6.07) is 19.2. The first-order chi connectivity index (χ1) is 13.2. The zero-order valence-corrected chi connectivity index (χ0v) is 14.1. The number of fused-ring (bicyclic) bond motifs is 1. The van der Waals surface area contributed by atoms with Crippen LogP contribution in [-0.4, -0.2) is 14.8 Å². The first kappa shape index (κ1) is 16.6. The Bertz CT molecular complexity index is 1240. The third kappa shape index (κ3) is 3.07. The lowest BCUT2D eigenvalue weighted by Gasteiger charge is -2.11. The van der Waals surface area contributed by atoms with Crippen LogP contribution in [0.15, 0.2) is 71.7 Å². The van der Waals surface area contributed by atoms with E-state index in [0.717, 1.165) is 5.56 Å². The van der Waals surface area contributed by atoms with Crippen molar-refractivity contribution in [2.45, 2.75) is 6.54 Å². The van der Waals surface area contributed by atoms with Gasteiger partial charge in [0.25, 0.3) is 5.56 Å². The van der Waals surface area contributed by atoms with Gasteiger partial charge in [0.1, 0.15) is 5.69 Å². The SMILES string of the molecule is N#Cc1ccc(Cn2nc(-c3cccnc3F)c3ccccc3c2=O)cc1. The minimum absolute atomic E-state index is 0.213. The molecule has 0 aliphatic carbocycles. The maximum atomic E-state index is 14.3. The van der Waals surface area contributed by atoms with Crippen LogP contribution in [0.3, 0.4) is 0 Å².